The van der Waals surface area contributed by atoms with Gasteiger partial charge in [0.1, 0.15) is 6.10 Å². The molecular weight excluding hydrogens is 328 g/mol. The predicted octanol–water partition coefficient (Wildman–Crippen LogP) is 2.88. The van der Waals surface area contributed by atoms with E-state index in [0.29, 0.717) is 12.6 Å². The molecule has 0 aromatic carbocycles. The molecule has 1 aromatic rings. The van der Waals surface area contributed by atoms with Gasteiger partial charge < -0.3 is 20.1 Å². The topological polar surface area (TPSA) is 67.8 Å². The van der Waals surface area contributed by atoms with Crippen LogP contribution >= 0.6 is 0 Å². The molecule has 0 atom stereocenters. The third-order valence-electron chi connectivity index (χ3n) is 4.88. The van der Waals surface area contributed by atoms with Crippen molar-refractivity contribution < 1.29 is 9.47 Å². The molecule has 2 N–H and O–H groups in total. The van der Waals surface area contributed by atoms with Crippen molar-refractivity contribution in [3.8, 4) is 5.88 Å². The van der Waals surface area contributed by atoms with Crippen LogP contribution in [0.3, 0.4) is 0 Å². The van der Waals surface area contributed by atoms with Crippen LogP contribution in [-0.4, -0.2) is 43.9 Å². The third-order valence-corrected chi connectivity index (χ3v) is 4.88. The summed E-state index contributed by atoms with van der Waals surface area (Å²) < 4.78 is 11.6. The summed E-state index contributed by atoms with van der Waals surface area (Å²) in [5.41, 5.74) is 1.14. The SMILES string of the molecule is CN=C(NCCCOCC1CC1)NCc1ccnc(OC2CCCC2)c1. The number of aliphatic imine (C=N–C) groups is 1. The smallest absolute Gasteiger partial charge is 0.213 e. The molecule has 0 amide bonds. The van der Waals surface area contributed by atoms with Crippen LogP contribution in [0.4, 0.5) is 0 Å². The number of hydrogen-bond donors (Lipinski definition) is 2. The van der Waals surface area contributed by atoms with Gasteiger partial charge in [0.05, 0.1) is 0 Å². The first-order valence-electron chi connectivity index (χ1n) is 9.97. The molecular formula is C20H32N4O2. The van der Waals surface area contributed by atoms with Crippen molar-refractivity contribution in [2.75, 3.05) is 26.8 Å². The Morgan fingerprint density at radius 3 is 2.85 bits per heavy atom. The van der Waals surface area contributed by atoms with Crippen LogP contribution in [0.2, 0.25) is 0 Å². The van der Waals surface area contributed by atoms with E-state index in [1.54, 1.807) is 7.05 Å². The number of nitrogens with one attached hydrogen (secondary N) is 2. The third kappa shape index (κ3) is 6.83. The maximum Gasteiger partial charge on any atom is 0.213 e. The zero-order chi connectivity index (χ0) is 18.0. The first-order valence-corrected chi connectivity index (χ1v) is 9.97. The molecule has 3 rings (SSSR count). The first kappa shape index (κ1) is 19.0. The van der Waals surface area contributed by atoms with E-state index in [2.05, 4.69) is 20.6 Å². The number of nitrogens with zero attached hydrogens (tertiary/aromatic N) is 2. The molecule has 0 saturated heterocycles. The molecule has 1 aromatic heterocycles. The number of ether oxygens (including phenoxy) is 2. The molecule has 6 nitrogen and oxygen atoms in total. The van der Waals surface area contributed by atoms with Gasteiger partial charge >= 0.3 is 0 Å². The van der Waals surface area contributed by atoms with Crippen LogP contribution in [0.1, 0.15) is 50.5 Å². The second kappa shape index (κ2) is 10.4. The summed E-state index contributed by atoms with van der Waals surface area (Å²) >= 11 is 0. The molecule has 0 bridgehead atoms. The van der Waals surface area contributed by atoms with E-state index in [1.165, 1.54) is 25.7 Å². The van der Waals surface area contributed by atoms with Gasteiger partial charge in [-0.05, 0) is 62.5 Å². The van der Waals surface area contributed by atoms with Gasteiger partial charge in [0, 0.05) is 45.6 Å². The van der Waals surface area contributed by atoms with E-state index < -0.39 is 0 Å². The maximum atomic E-state index is 5.97. The monoisotopic (exact) mass is 360 g/mol. The Labute approximate surface area is 156 Å². The lowest BCUT2D eigenvalue weighted by molar-refractivity contribution is 0.123. The van der Waals surface area contributed by atoms with Gasteiger partial charge in [0.25, 0.3) is 0 Å². The average Bonchev–Trinajstić information content (AvgIpc) is 3.35. The number of guanidine groups is 1. The standard InChI is InChI=1S/C20H32N4O2/c1-21-20(23-10-4-12-25-15-16-7-8-16)24-14-17-9-11-22-19(13-17)26-18-5-2-3-6-18/h9,11,13,16,18H,2-8,10,12,14-15H2,1H3,(H2,21,23,24). The van der Waals surface area contributed by atoms with Crippen LogP contribution in [0.25, 0.3) is 0 Å². The van der Waals surface area contributed by atoms with E-state index in [0.717, 1.165) is 62.3 Å². The Balaban J connectivity index is 1.33. The van der Waals surface area contributed by atoms with Crippen molar-refractivity contribution in [1.29, 1.82) is 0 Å². The fourth-order valence-electron chi connectivity index (χ4n) is 3.12. The Bertz CT molecular complexity index is 569. The second-order valence-corrected chi connectivity index (χ2v) is 7.25. The molecule has 2 aliphatic rings. The fourth-order valence-corrected chi connectivity index (χ4v) is 3.12. The molecule has 1 heterocycles. The number of rotatable bonds is 10. The lowest BCUT2D eigenvalue weighted by Crippen LogP contribution is -2.37. The molecule has 144 valence electrons. The van der Waals surface area contributed by atoms with E-state index in [1.807, 2.05) is 18.3 Å². The van der Waals surface area contributed by atoms with Crippen molar-refractivity contribution in [3.63, 3.8) is 0 Å². The van der Waals surface area contributed by atoms with Crippen molar-refractivity contribution in [2.45, 2.75) is 57.6 Å². The van der Waals surface area contributed by atoms with Crippen LogP contribution in [0.5, 0.6) is 5.88 Å². The summed E-state index contributed by atoms with van der Waals surface area (Å²) in [6, 6.07) is 4.03. The molecule has 6 heteroatoms. The normalized spacial score (nSPS) is 18.1. The van der Waals surface area contributed by atoms with Crippen LogP contribution in [0.15, 0.2) is 23.3 Å². The largest absolute Gasteiger partial charge is 0.474 e. The zero-order valence-corrected chi connectivity index (χ0v) is 15.9. The fraction of sp³-hybridized carbons (Fsp3) is 0.700. The van der Waals surface area contributed by atoms with Gasteiger partial charge in [-0.15, -0.1) is 0 Å². The molecule has 2 saturated carbocycles. The summed E-state index contributed by atoms with van der Waals surface area (Å²) in [5.74, 6) is 2.37. The molecule has 2 fully saturated rings. The summed E-state index contributed by atoms with van der Waals surface area (Å²) in [6.45, 7) is 3.30. The van der Waals surface area contributed by atoms with Crippen molar-refractivity contribution in [3.05, 3.63) is 23.9 Å². The second-order valence-electron chi connectivity index (χ2n) is 7.25. The van der Waals surface area contributed by atoms with Gasteiger partial charge in [0.15, 0.2) is 5.96 Å². The minimum atomic E-state index is 0.335. The Morgan fingerprint density at radius 2 is 2.08 bits per heavy atom. The van der Waals surface area contributed by atoms with Gasteiger partial charge in [-0.2, -0.15) is 0 Å². The highest BCUT2D eigenvalue weighted by atomic mass is 16.5. The Hall–Kier alpha value is -1.82. The maximum absolute atomic E-state index is 5.97. The average molecular weight is 361 g/mol. The van der Waals surface area contributed by atoms with E-state index in [-0.39, 0.29) is 0 Å². The number of aromatic nitrogens is 1. The molecule has 0 aliphatic heterocycles. The van der Waals surface area contributed by atoms with Crippen LogP contribution in [-0.2, 0) is 11.3 Å². The first-order chi connectivity index (χ1) is 12.8. The van der Waals surface area contributed by atoms with Gasteiger partial charge in [0.2, 0.25) is 5.88 Å². The van der Waals surface area contributed by atoms with Crippen molar-refractivity contribution in [2.24, 2.45) is 10.9 Å². The molecule has 26 heavy (non-hydrogen) atoms. The quantitative estimate of drug-likeness (QED) is 0.381. The highest BCUT2D eigenvalue weighted by Gasteiger charge is 2.20. The van der Waals surface area contributed by atoms with Crippen LogP contribution < -0.4 is 15.4 Å². The Morgan fingerprint density at radius 1 is 1.23 bits per heavy atom. The molecule has 0 radical (unpaired) electrons. The summed E-state index contributed by atoms with van der Waals surface area (Å²) in [4.78, 5) is 8.61. The predicted molar refractivity (Wildman–Crippen MR) is 103 cm³/mol. The Kier molecular flexibility index (Phi) is 7.55. The van der Waals surface area contributed by atoms with Crippen molar-refractivity contribution >= 4 is 5.96 Å². The highest BCUT2D eigenvalue weighted by Crippen LogP contribution is 2.28. The van der Waals surface area contributed by atoms with E-state index in [4.69, 9.17) is 9.47 Å². The van der Waals surface area contributed by atoms with Gasteiger partial charge in [-0.1, -0.05) is 0 Å². The molecule has 2 aliphatic carbocycles. The summed E-state index contributed by atoms with van der Waals surface area (Å²) in [6.07, 6.45) is 10.6. The summed E-state index contributed by atoms with van der Waals surface area (Å²) in [5, 5.41) is 6.67. The van der Waals surface area contributed by atoms with Crippen LogP contribution in [0, 0.1) is 5.92 Å². The zero-order valence-electron chi connectivity index (χ0n) is 15.9. The van der Waals surface area contributed by atoms with E-state index in [9.17, 15) is 0 Å². The highest BCUT2D eigenvalue weighted by molar-refractivity contribution is 5.79. The number of pyridine rings is 1. The molecule has 0 spiro atoms. The summed E-state index contributed by atoms with van der Waals surface area (Å²) in [7, 11) is 1.79. The minimum absolute atomic E-state index is 0.335. The minimum Gasteiger partial charge on any atom is -0.474 e. The van der Waals surface area contributed by atoms with Gasteiger partial charge in [-0.3, -0.25) is 4.99 Å². The lowest BCUT2D eigenvalue weighted by Gasteiger charge is -2.14. The lowest BCUT2D eigenvalue weighted by atomic mass is 10.2. The number of hydrogen-bond acceptors (Lipinski definition) is 4. The van der Waals surface area contributed by atoms with Crippen molar-refractivity contribution in [1.82, 2.24) is 15.6 Å². The molecule has 0 unspecified atom stereocenters. The van der Waals surface area contributed by atoms with E-state index >= 15 is 0 Å². The van der Waals surface area contributed by atoms with Gasteiger partial charge in [-0.25, -0.2) is 4.98 Å².